The van der Waals surface area contributed by atoms with Gasteiger partial charge in [0, 0.05) is 25.2 Å². The van der Waals surface area contributed by atoms with Crippen LogP contribution in [0.2, 0.25) is 10.0 Å². The van der Waals surface area contributed by atoms with Gasteiger partial charge >= 0.3 is 0 Å². The first-order valence-corrected chi connectivity index (χ1v) is 9.21. The van der Waals surface area contributed by atoms with Gasteiger partial charge in [-0.2, -0.15) is 4.31 Å². The standard InChI is InChI=1S/C14H18Cl2N2O3S/c1-17(10-14(19)18-7-3-2-4-8-18)22(20,21)13-9-11(15)5-6-12(13)16/h5-6,9H,2-4,7-8,10H2,1H3. The van der Waals surface area contributed by atoms with Crippen molar-refractivity contribution in [1.82, 2.24) is 9.21 Å². The number of carbonyl (C=O) groups is 1. The molecule has 0 aromatic heterocycles. The SMILES string of the molecule is CN(CC(=O)N1CCCCC1)S(=O)(=O)c1cc(Cl)ccc1Cl. The van der Waals surface area contributed by atoms with Gasteiger partial charge < -0.3 is 4.90 Å². The number of amides is 1. The van der Waals surface area contributed by atoms with Crippen molar-refractivity contribution in [2.45, 2.75) is 24.2 Å². The van der Waals surface area contributed by atoms with Crippen LogP contribution in [0.15, 0.2) is 23.1 Å². The van der Waals surface area contributed by atoms with E-state index in [1.165, 1.54) is 25.2 Å². The number of likely N-dealkylation sites (N-methyl/N-ethyl adjacent to an activating group) is 1. The lowest BCUT2D eigenvalue weighted by Gasteiger charge is -2.28. The molecule has 0 bridgehead atoms. The topological polar surface area (TPSA) is 57.7 Å². The van der Waals surface area contributed by atoms with E-state index in [2.05, 4.69) is 0 Å². The fourth-order valence-corrected chi connectivity index (χ4v) is 4.21. The van der Waals surface area contributed by atoms with Gasteiger partial charge in [0.25, 0.3) is 0 Å². The van der Waals surface area contributed by atoms with Gasteiger partial charge in [0.05, 0.1) is 11.6 Å². The van der Waals surface area contributed by atoms with Crippen LogP contribution in [-0.2, 0) is 14.8 Å². The second-order valence-corrected chi connectivity index (χ2v) is 8.13. The summed E-state index contributed by atoms with van der Waals surface area (Å²) in [6.45, 7) is 1.17. The normalized spacial score (nSPS) is 16.1. The van der Waals surface area contributed by atoms with E-state index in [9.17, 15) is 13.2 Å². The van der Waals surface area contributed by atoms with Gasteiger partial charge in [-0.25, -0.2) is 8.42 Å². The van der Waals surface area contributed by atoms with E-state index >= 15 is 0 Å². The molecule has 1 saturated heterocycles. The summed E-state index contributed by atoms with van der Waals surface area (Å²) in [5.74, 6) is -0.191. The van der Waals surface area contributed by atoms with Gasteiger partial charge in [0.15, 0.2) is 0 Å². The molecule has 0 aliphatic carbocycles. The number of nitrogens with zero attached hydrogens (tertiary/aromatic N) is 2. The number of hydrogen-bond acceptors (Lipinski definition) is 3. The Morgan fingerprint density at radius 1 is 1.23 bits per heavy atom. The minimum absolute atomic E-state index is 0.0849. The fourth-order valence-electron chi connectivity index (χ4n) is 2.36. The summed E-state index contributed by atoms with van der Waals surface area (Å²) < 4.78 is 26.1. The highest BCUT2D eigenvalue weighted by Crippen LogP contribution is 2.27. The highest BCUT2D eigenvalue weighted by atomic mass is 35.5. The van der Waals surface area contributed by atoms with Crippen molar-refractivity contribution in [2.24, 2.45) is 0 Å². The molecule has 0 radical (unpaired) electrons. The first-order chi connectivity index (χ1) is 10.3. The van der Waals surface area contributed by atoms with Crippen molar-refractivity contribution < 1.29 is 13.2 Å². The Labute approximate surface area is 140 Å². The van der Waals surface area contributed by atoms with Gasteiger partial charge in [0.1, 0.15) is 4.90 Å². The second kappa shape index (κ2) is 7.17. The van der Waals surface area contributed by atoms with Crippen molar-refractivity contribution in [2.75, 3.05) is 26.7 Å². The molecule has 1 aromatic carbocycles. The number of hydrogen-bond donors (Lipinski definition) is 0. The van der Waals surface area contributed by atoms with Crippen LogP contribution in [-0.4, -0.2) is 50.2 Å². The van der Waals surface area contributed by atoms with E-state index in [0.29, 0.717) is 13.1 Å². The molecule has 122 valence electrons. The summed E-state index contributed by atoms with van der Waals surface area (Å²) in [4.78, 5) is 13.8. The average molecular weight is 365 g/mol. The first-order valence-electron chi connectivity index (χ1n) is 7.01. The molecule has 5 nitrogen and oxygen atoms in total. The Balaban J connectivity index is 2.15. The third kappa shape index (κ3) is 3.93. The monoisotopic (exact) mass is 364 g/mol. The minimum atomic E-state index is -3.86. The molecule has 0 unspecified atom stereocenters. The first kappa shape index (κ1) is 17.5. The van der Waals surface area contributed by atoms with Crippen molar-refractivity contribution in [1.29, 1.82) is 0 Å². The zero-order chi connectivity index (χ0) is 16.3. The van der Waals surface area contributed by atoms with E-state index in [1.807, 2.05) is 0 Å². The summed E-state index contributed by atoms with van der Waals surface area (Å²) in [5.41, 5.74) is 0. The number of likely N-dealkylation sites (tertiary alicyclic amines) is 1. The van der Waals surface area contributed by atoms with Crippen LogP contribution in [0, 0.1) is 0 Å². The molecule has 1 aromatic rings. The predicted molar refractivity (Wildman–Crippen MR) is 86.7 cm³/mol. The van der Waals surface area contributed by atoms with Gasteiger partial charge in [-0.05, 0) is 37.5 Å². The molecule has 22 heavy (non-hydrogen) atoms. The summed E-state index contributed by atoms with van der Waals surface area (Å²) in [5, 5.41) is 0.361. The summed E-state index contributed by atoms with van der Waals surface area (Å²) in [7, 11) is -2.49. The van der Waals surface area contributed by atoms with Crippen molar-refractivity contribution >= 4 is 39.1 Å². The van der Waals surface area contributed by atoms with Crippen molar-refractivity contribution in [3.63, 3.8) is 0 Å². The van der Waals surface area contributed by atoms with Gasteiger partial charge in [-0.3, -0.25) is 4.79 Å². The number of benzene rings is 1. The van der Waals surface area contributed by atoms with Gasteiger partial charge in [0.2, 0.25) is 15.9 Å². The highest BCUT2D eigenvalue weighted by molar-refractivity contribution is 7.89. The number of piperidine rings is 1. The smallest absolute Gasteiger partial charge is 0.244 e. The predicted octanol–water partition coefficient (Wildman–Crippen LogP) is 2.63. The Morgan fingerprint density at radius 3 is 2.50 bits per heavy atom. The van der Waals surface area contributed by atoms with Crippen LogP contribution in [0.1, 0.15) is 19.3 Å². The van der Waals surface area contributed by atoms with Crippen LogP contribution >= 0.6 is 23.2 Å². The Bertz CT molecular complexity index is 658. The summed E-state index contributed by atoms with van der Waals surface area (Å²) >= 11 is 11.8. The molecule has 1 aliphatic heterocycles. The van der Waals surface area contributed by atoms with Crippen LogP contribution in [0.5, 0.6) is 0 Å². The van der Waals surface area contributed by atoms with E-state index in [0.717, 1.165) is 23.6 Å². The maximum Gasteiger partial charge on any atom is 0.244 e. The highest BCUT2D eigenvalue weighted by Gasteiger charge is 2.27. The molecule has 0 atom stereocenters. The zero-order valence-corrected chi connectivity index (χ0v) is 14.6. The lowest BCUT2D eigenvalue weighted by molar-refractivity contribution is -0.132. The maximum atomic E-state index is 12.5. The third-order valence-corrected chi connectivity index (χ3v) is 6.17. The van der Waals surface area contributed by atoms with E-state index in [1.54, 1.807) is 4.90 Å². The van der Waals surface area contributed by atoms with Crippen LogP contribution in [0.3, 0.4) is 0 Å². The molecular formula is C14H18Cl2N2O3S. The quantitative estimate of drug-likeness (QED) is 0.824. The molecule has 2 rings (SSSR count). The van der Waals surface area contributed by atoms with E-state index in [4.69, 9.17) is 23.2 Å². The molecular weight excluding hydrogens is 347 g/mol. The number of rotatable bonds is 4. The molecule has 1 fully saturated rings. The second-order valence-electron chi connectivity index (χ2n) is 5.28. The molecule has 1 aliphatic rings. The molecule has 8 heteroatoms. The zero-order valence-electron chi connectivity index (χ0n) is 12.3. The Hall–Kier alpha value is -0.820. The number of carbonyl (C=O) groups excluding carboxylic acids is 1. The number of sulfonamides is 1. The molecule has 0 saturated carbocycles. The van der Waals surface area contributed by atoms with Crippen molar-refractivity contribution in [3.05, 3.63) is 28.2 Å². The summed E-state index contributed by atoms with van der Waals surface area (Å²) in [6.07, 6.45) is 3.03. The van der Waals surface area contributed by atoms with Crippen LogP contribution in [0.4, 0.5) is 0 Å². The molecule has 0 spiro atoms. The van der Waals surface area contributed by atoms with Crippen LogP contribution in [0.25, 0.3) is 0 Å². The minimum Gasteiger partial charge on any atom is -0.342 e. The number of halogens is 2. The van der Waals surface area contributed by atoms with Crippen LogP contribution < -0.4 is 0 Å². The molecule has 1 amide bonds. The fraction of sp³-hybridized carbons (Fsp3) is 0.500. The Kier molecular flexibility index (Phi) is 5.71. The lowest BCUT2D eigenvalue weighted by Crippen LogP contribution is -2.43. The molecule has 0 N–H and O–H groups in total. The largest absolute Gasteiger partial charge is 0.342 e. The molecule has 1 heterocycles. The van der Waals surface area contributed by atoms with Gasteiger partial charge in [-0.15, -0.1) is 0 Å². The summed E-state index contributed by atoms with van der Waals surface area (Å²) in [6, 6.07) is 4.24. The van der Waals surface area contributed by atoms with E-state index < -0.39 is 10.0 Å². The van der Waals surface area contributed by atoms with E-state index in [-0.39, 0.29) is 27.4 Å². The average Bonchev–Trinajstić information content (AvgIpc) is 2.50. The maximum absolute atomic E-state index is 12.5. The van der Waals surface area contributed by atoms with Gasteiger partial charge in [-0.1, -0.05) is 23.2 Å². The third-order valence-electron chi connectivity index (χ3n) is 3.65. The lowest BCUT2D eigenvalue weighted by atomic mass is 10.1. The van der Waals surface area contributed by atoms with Crippen molar-refractivity contribution in [3.8, 4) is 0 Å². The Morgan fingerprint density at radius 2 is 1.86 bits per heavy atom.